The van der Waals surface area contributed by atoms with Gasteiger partial charge >= 0.3 is 11.9 Å². The van der Waals surface area contributed by atoms with Crippen molar-refractivity contribution in [3.8, 4) is 0 Å². The van der Waals surface area contributed by atoms with Crippen molar-refractivity contribution in [1.82, 2.24) is 0 Å². The summed E-state index contributed by atoms with van der Waals surface area (Å²) in [6, 6.07) is 7.66. The van der Waals surface area contributed by atoms with E-state index in [4.69, 9.17) is 14.2 Å². The molecule has 2 rings (SSSR count). The molecule has 5 heteroatoms. The van der Waals surface area contributed by atoms with Crippen molar-refractivity contribution in [3.05, 3.63) is 53.3 Å². The van der Waals surface area contributed by atoms with E-state index in [1.165, 1.54) is 38.2 Å². The molecule has 0 amide bonds. The molecule has 0 atom stereocenters. The van der Waals surface area contributed by atoms with Gasteiger partial charge in [-0.2, -0.15) is 0 Å². The summed E-state index contributed by atoms with van der Waals surface area (Å²) in [6.45, 7) is 5.32. The Kier molecular flexibility index (Phi) is 13.0. The fourth-order valence-corrected chi connectivity index (χ4v) is 3.73. The van der Waals surface area contributed by atoms with Crippen molar-refractivity contribution in [2.24, 2.45) is 0 Å². The van der Waals surface area contributed by atoms with Gasteiger partial charge in [0.25, 0.3) is 0 Å². The molecule has 0 fully saturated rings. The average molecular weight is 457 g/mol. The van der Waals surface area contributed by atoms with Crippen LogP contribution >= 0.6 is 0 Å². The number of hydrogen-bond acceptors (Lipinski definition) is 5. The summed E-state index contributed by atoms with van der Waals surface area (Å²) in [5.74, 6) is 0.544. The highest BCUT2D eigenvalue weighted by Crippen LogP contribution is 2.27. The fraction of sp³-hybridized carbons (Fsp3) is 0.571. The highest BCUT2D eigenvalue weighted by Gasteiger charge is 2.11. The molecule has 1 aromatic carbocycles. The first-order chi connectivity index (χ1) is 16.1. The third-order valence-corrected chi connectivity index (χ3v) is 5.72. The number of hydrogen-bond donors (Lipinski definition) is 0. The number of ether oxygens (including phenoxy) is 3. The molecule has 0 saturated carbocycles. The van der Waals surface area contributed by atoms with Crippen molar-refractivity contribution in [2.75, 3.05) is 19.8 Å². The van der Waals surface area contributed by atoms with Gasteiger partial charge in [0, 0.05) is 13.3 Å². The monoisotopic (exact) mass is 456 g/mol. The maximum atomic E-state index is 12.2. The summed E-state index contributed by atoms with van der Waals surface area (Å²) >= 11 is 0. The van der Waals surface area contributed by atoms with Crippen LogP contribution in [0.15, 0.2) is 42.2 Å². The van der Waals surface area contributed by atoms with Crippen molar-refractivity contribution >= 4 is 17.5 Å². The molecule has 1 aromatic rings. The van der Waals surface area contributed by atoms with Gasteiger partial charge in [0.2, 0.25) is 0 Å². The van der Waals surface area contributed by atoms with Gasteiger partial charge in [-0.15, -0.1) is 0 Å². The van der Waals surface area contributed by atoms with Crippen LogP contribution in [-0.2, 0) is 19.0 Å². The van der Waals surface area contributed by atoms with Crippen LogP contribution in [0.25, 0.3) is 5.57 Å². The average Bonchev–Trinajstić information content (AvgIpc) is 2.83. The summed E-state index contributed by atoms with van der Waals surface area (Å²) < 4.78 is 16.2. The molecular weight excluding hydrogens is 416 g/mol. The summed E-state index contributed by atoms with van der Waals surface area (Å²) in [6.07, 6.45) is 15.9. The first-order valence-electron chi connectivity index (χ1n) is 12.5. The van der Waals surface area contributed by atoms with Crippen LogP contribution in [0.3, 0.4) is 0 Å². The molecular formula is C28H40O5. The van der Waals surface area contributed by atoms with E-state index in [2.05, 4.69) is 19.1 Å². The summed E-state index contributed by atoms with van der Waals surface area (Å²) in [5, 5.41) is 0. The number of carbonyl (C=O) groups excluding carboxylic acids is 2. The Labute approximate surface area is 199 Å². The number of rotatable bonds is 16. The minimum absolute atomic E-state index is 0.242. The van der Waals surface area contributed by atoms with E-state index in [9.17, 15) is 9.59 Å². The van der Waals surface area contributed by atoms with Crippen molar-refractivity contribution in [1.29, 1.82) is 0 Å². The van der Waals surface area contributed by atoms with E-state index in [1.54, 1.807) is 0 Å². The maximum absolute atomic E-state index is 12.2. The fourth-order valence-electron chi connectivity index (χ4n) is 3.73. The zero-order valence-corrected chi connectivity index (χ0v) is 20.4. The van der Waals surface area contributed by atoms with Crippen LogP contribution in [0.2, 0.25) is 0 Å². The molecule has 0 saturated heterocycles. The van der Waals surface area contributed by atoms with Gasteiger partial charge in [0.05, 0.1) is 31.1 Å². The Morgan fingerprint density at radius 1 is 0.758 bits per heavy atom. The summed E-state index contributed by atoms with van der Waals surface area (Å²) in [5.41, 5.74) is 2.97. The largest absolute Gasteiger partial charge is 0.498 e. The van der Waals surface area contributed by atoms with Gasteiger partial charge in [-0.1, -0.05) is 50.8 Å². The lowest BCUT2D eigenvalue weighted by Crippen LogP contribution is -2.07. The quantitative estimate of drug-likeness (QED) is 0.198. The van der Waals surface area contributed by atoms with E-state index in [0.717, 1.165) is 62.9 Å². The lowest BCUT2D eigenvalue weighted by Gasteiger charge is -2.16. The SMILES string of the molecule is CCCCCCCOC1=CC=C(c2ccc(C(=O)OCCCCCCOC(C)=O)cc2)CC1. The molecule has 0 unspecified atom stereocenters. The second-order valence-electron chi connectivity index (χ2n) is 8.56. The summed E-state index contributed by atoms with van der Waals surface area (Å²) in [7, 11) is 0. The van der Waals surface area contributed by atoms with E-state index in [-0.39, 0.29) is 11.9 Å². The smallest absolute Gasteiger partial charge is 0.338 e. The van der Waals surface area contributed by atoms with Crippen molar-refractivity contribution in [2.45, 2.75) is 84.5 Å². The minimum Gasteiger partial charge on any atom is -0.498 e. The Hall–Kier alpha value is -2.56. The molecule has 1 aliphatic rings. The Balaban J connectivity index is 1.66. The molecule has 0 aromatic heterocycles. The highest BCUT2D eigenvalue weighted by molar-refractivity contribution is 5.89. The lowest BCUT2D eigenvalue weighted by molar-refractivity contribution is -0.141. The molecule has 0 bridgehead atoms. The number of esters is 2. The number of allylic oxidation sites excluding steroid dienone is 4. The topological polar surface area (TPSA) is 61.8 Å². The molecule has 0 heterocycles. The first-order valence-corrected chi connectivity index (χ1v) is 12.5. The number of unbranched alkanes of at least 4 members (excludes halogenated alkanes) is 7. The molecule has 33 heavy (non-hydrogen) atoms. The molecule has 182 valence electrons. The third-order valence-electron chi connectivity index (χ3n) is 5.72. The number of carbonyl (C=O) groups is 2. The predicted molar refractivity (Wildman–Crippen MR) is 132 cm³/mol. The van der Waals surface area contributed by atoms with Gasteiger partial charge in [-0.05, 0) is 67.9 Å². The van der Waals surface area contributed by atoms with E-state index in [0.29, 0.717) is 18.8 Å². The van der Waals surface area contributed by atoms with Gasteiger partial charge in [0.15, 0.2) is 0 Å². The minimum atomic E-state index is -0.284. The van der Waals surface area contributed by atoms with Gasteiger partial charge in [0.1, 0.15) is 0 Å². The zero-order valence-electron chi connectivity index (χ0n) is 20.4. The molecule has 0 aliphatic heterocycles. The number of benzene rings is 1. The van der Waals surface area contributed by atoms with Crippen molar-refractivity contribution < 1.29 is 23.8 Å². The predicted octanol–water partition coefficient (Wildman–Crippen LogP) is 7.02. The van der Waals surface area contributed by atoms with Gasteiger partial charge in [-0.25, -0.2) is 4.79 Å². The zero-order chi connectivity index (χ0) is 23.7. The molecule has 0 spiro atoms. The van der Waals surface area contributed by atoms with E-state index < -0.39 is 0 Å². The Bertz CT molecular complexity index is 776. The third kappa shape index (κ3) is 11.2. The second-order valence-corrected chi connectivity index (χ2v) is 8.56. The summed E-state index contributed by atoms with van der Waals surface area (Å²) in [4.78, 5) is 22.9. The van der Waals surface area contributed by atoms with E-state index in [1.807, 2.05) is 24.3 Å². The molecule has 5 nitrogen and oxygen atoms in total. The van der Waals surface area contributed by atoms with Crippen LogP contribution in [0.5, 0.6) is 0 Å². The van der Waals surface area contributed by atoms with Gasteiger partial charge < -0.3 is 14.2 Å². The van der Waals surface area contributed by atoms with E-state index >= 15 is 0 Å². The van der Waals surface area contributed by atoms with Crippen LogP contribution in [0.4, 0.5) is 0 Å². The molecule has 1 aliphatic carbocycles. The molecule has 0 N–H and O–H groups in total. The first kappa shape index (κ1) is 26.7. The van der Waals surface area contributed by atoms with Crippen LogP contribution < -0.4 is 0 Å². The van der Waals surface area contributed by atoms with Crippen molar-refractivity contribution in [3.63, 3.8) is 0 Å². The standard InChI is InChI=1S/C28H40O5/c1-3-4-5-6-10-21-32-27-18-16-25(17-19-27)24-12-14-26(15-13-24)28(30)33-22-11-8-7-9-20-31-23(2)29/h12-16,18H,3-11,17,19-22H2,1-2H3. The van der Waals surface area contributed by atoms with Crippen LogP contribution in [0.1, 0.15) is 100 Å². The molecule has 0 radical (unpaired) electrons. The second kappa shape index (κ2) is 16.1. The Morgan fingerprint density at radius 2 is 1.39 bits per heavy atom. The maximum Gasteiger partial charge on any atom is 0.338 e. The van der Waals surface area contributed by atoms with Crippen LogP contribution in [-0.4, -0.2) is 31.8 Å². The highest BCUT2D eigenvalue weighted by atomic mass is 16.5. The Morgan fingerprint density at radius 3 is 2.00 bits per heavy atom. The van der Waals surface area contributed by atoms with Gasteiger partial charge in [-0.3, -0.25) is 4.79 Å². The van der Waals surface area contributed by atoms with Crippen LogP contribution in [0, 0.1) is 0 Å². The lowest BCUT2D eigenvalue weighted by atomic mass is 9.96. The normalized spacial score (nSPS) is 13.2.